The zero-order valence-electron chi connectivity index (χ0n) is 12.6. The quantitative estimate of drug-likeness (QED) is 0.837. The topological polar surface area (TPSA) is 69.2 Å². The van der Waals surface area contributed by atoms with E-state index in [0.717, 1.165) is 34.2 Å². The van der Waals surface area contributed by atoms with Gasteiger partial charge in [-0.2, -0.15) is 0 Å². The van der Waals surface area contributed by atoms with Gasteiger partial charge in [0.2, 0.25) is 0 Å². The van der Waals surface area contributed by atoms with Crippen LogP contribution in [-0.2, 0) is 0 Å². The molecule has 0 radical (unpaired) electrons. The van der Waals surface area contributed by atoms with Crippen molar-refractivity contribution in [1.82, 2.24) is 14.9 Å². The lowest BCUT2D eigenvalue weighted by Crippen LogP contribution is -2.36. The Hall–Kier alpha value is -1.56. The van der Waals surface area contributed by atoms with Gasteiger partial charge in [0.1, 0.15) is 5.82 Å². The number of aromatic amines is 1. The average molecular weight is 366 g/mol. The molecule has 1 amide bonds. The normalized spacial score (nSPS) is 17.5. The Morgan fingerprint density at radius 2 is 2.14 bits per heavy atom. The first-order chi connectivity index (χ1) is 10.6. The van der Waals surface area contributed by atoms with Crippen molar-refractivity contribution in [1.29, 1.82) is 0 Å². The highest BCUT2D eigenvalue weighted by Crippen LogP contribution is 2.37. The van der Waals surface area contributed by atoms with Crippen molar-refractivity contribution >= 4 is 33.1 Å². The summed E-state index contributed by atoms with van der Waals surface area (Å²) in [6.45, 7) is 0. The molecule has 1 unspecified atom stereocenters. The molecule has 5 nitrogen and oxygen atoms in total. The molecule has 0 spiro atoms. The van der Waals surface area contributed by atoms with Crippen LogP contribution in [0.1, 0.15) is 44.0 Å². The number of carbonyl (C=O) groups is 1. The van der Waals surface area contributed by atoms with Gasteiger partial charge in [-0.25, -0.2) is 9.78 Å². The van der Waals surface area contributed by atoms with Crippen molar-refractivity contribution in [2.45, 2.75) is 38.1 Å². The Morgan fingerprint density at radius 1 is 1.41 bits per heavy atom. The number of carboxylic acid groups (broad SMARTS) is 1. The van der Waals surface area contributed by atoms with Gasteiger partial charge in [0, 0.05) is 11.5 Å². The maximum Gasteiger partial charge on any atom is 0.407 e. The summed E-state index contributed by atoms with van der Waals surface area (Å²) in [5.74, 6) is 1.09. The third kappa shape index (κ3) is 2.97. The summed E-state index contributed by atoms with van der Waals surface area (Å²) in [4.78, 5) is 20.9. The summed E-state index contributed by atoms with van der Waals surface area (Å²) in [6, 6.07) is 5.66. The van der Waals surface area contributed by atoms with Crippen LogP contribution in [0.25, 0.3) is 11.0 Å². The minimum absolute atomic E-state index is 0.205. The van der Waals surface area contributed by atoms with Gasteiger partial charge >= 0.3 is 6.09 Å². The largest absolute Gasteiger partial charge is 0.465 e. The SMILES string of the molecule is CN(C(=O)O)C(c1nc2ccc(Br)cc2[nH]1)C1CCCCC1. The van der Waals surface area contributed by atoms with E-state index in [1.807, 2.05) is 18.2 Å². The summed E-state index contributed by atoms with van der Waals surface area (Å²) < 4.78 is 0.982. The molecule has 0 bridgehead atoms. The molecule has 2 N–H and O–H groups in total. The Bertz CT molecular complexity index is 679. The lowest BCUT2D eigenvalue weighted by atomic mass is 9.83. The summed E-state index contributed by atoms with van der Waals surface area (Å²) in [5, 5.41) is 9.44. The number of hydrogen-bond acceptors (Lipinski definition) is 2. The summed E-state index contributed by atoms with van der Waals surface area (Å²) in [5.41, 5.74) is 1.81. The van der Waals surface area contributed by atoms with Gasteiger partial charge in [0.05, 0.1) is 17.1 Å². The van der Waals surface area contributed by atoms with E-state index in [0.29, 0.717) is 5.92 Å². The molecule has 6 heteroatoms. The van der Waals surface area contributed by atoms with Gasteiger partial charge in [-0.1, -0.05) is 35.2 Å². The van der Waals surface area contributed by atoms with Crippen LogP contribution >= 0.6 is 15.9 Å². The van der Waals surface area contributed by atoms with E-state index in [9.17, 15) is 9.90 Å². The molecule has 0 saturated heterocycles. The fraction of sp³-hybridized carbons (Fsp3) is 0.500. The fourth-order valence-corrected chi connectivity index (χ4v) is 3.79. The molecule has 1 aromatic heterocycles. The predicted octanol–water partition coefficient (Wildman–Crippen LogP) is 4.56. The van der Waals surface area contributed by atoms with E-state index in [1.165, 1.54) is 24.2 Å². The van der Waals surface area contributed by atoms with Gasteiger partial charge < -0.3 is 15.0 Å². The Morgan fingerprint density at radius 3 is 2.82 bits per heavy atom. The smallest absolute Gasteiger partial charge is 0.407 e. The molecule has 0 aliphatic heterocycles. The second-order valence-corrected chi connectivity index (χ2v) is 6.94. The van der Waals surface area contributed by atoms with Gasteiger partial charge in [-0.15, -0.1) is 0 Å². The molecule has 2 aromatic rings. The Labute approximate surface area is 137 Å². The number of fused-ring (bicyclic) bond motifs is 1. The first-order valence-corrected chi connectivity index (χ1v) is 8.46. The number of amides is 1. The van der Waals surface area contributed by atoms with Crippen LogP contribution in [0.15, 0.2) is 22.7 Å². The van der Waals surface area contributed by atoms with Gasteiger partial charge in [0.15, 0.2) is 0 Å². The number of benzene rings is 1. The highest BCUT2D eigenvalue weighted by atomic mass is 79.9. The molecule has 1 atom stereocenters. The molecule has 1 heterocycles. The van der Waals surface area contributed by atoms with E-state index < -0.39 is 6.09 Å². The predicted molar refractivity (Wildman–Crippen MR) is 88.9 cm³/mol. The van der Waals surface area contributed by atoms with Crippen molar-refractivity contribution in [3.05, 3.63) is 28.5 Å². The second-order valence-electron chi connectivity index (χ2n) is 6.02. The number of nitrogens with one attached hydrogen (secondary N) is 1. The molecule has 1 aliphatic carbocycles. The minimum Gasteiger partial charge on any atom is -0.465 e. The molecule has 1 fully saturated rings. The molecular weight excluding hydrogens is 346 g/mol. The standard InChI is InChI=1S/C16H20BrN3O2/c1-20(16(21)22)14(10-5-3-2-4-6-10)15-18-12-8-7-11(17)9-13(12)19-15/h7-10,14H,2-6H2,1H3,(H,18,19)(H,21,22). The van der Waals surface area contributed by atoms with Crippen LogP contribution in [0.3, 0.4) is 0 Å². The number of aromatic nitrogens is 2. The Kier molecular flexibility index (Phi) is 4.38. The number of nitrogens with zero attached hydrogens (tertiary/aromatic N) is 2. The highest BCUT2D eigenvalue weighted by molar-refractivity contribution is 9.10. The van der Waals surface area contributed by atoms with E-state index in [4.69, 9.17) is 0 Å². The van der Waals surface area contributed by atoms with E-state index in [2.05, 4.69) is 25.9 Å². The van der Waals surface area contributed by atoms with Crippen molar-refractivity contribution in [3.8, 4) is 0 Å². The maximum atomic E-state index is 11.5. The Balaban J connectivity index is 2.00. The summed E-state index contributed by atoms with van der Waals surface area (Å²) >= 11 is 3.46. The van der Waals surface area contributed by atoms with Crippen LogP contribution in [-0.4, -0.2) is 33.1 Å². The number of rotatable bonds is 3. The third-order valence-electron chi connectivity index (χ3n) is 4.56. The maximum absolute atomic E-state index is 11.5. The first-order valence-electron chi connectivity index (χ1n) is 7.67. The fourth-order valence-electron chi connectivity index (χ4n) is 3.43. The first kappa shape index (κ1) is 15.3. The summed E-state index contributed by atoms with van der Waals surface area (Å²) in [7, 11) is 1.64. The number of halogens is 1. The minimum atomic E-state index is -0.905. The van der Waals surface area contributed by atoms with E-state index >= 15 is 0 Å². The van der Waals surface area contributed by atoms with Gasteiger partial charge in [-0.3, -0.25) is 0 Å². The molecule has 3 rings (SSSR count). The van der Waals surface area contributed by atoms with Crippen molar-refractivity contribution in [3.63, 3.8) is 0 Å². The number of H-pyrrole nitrogens is 1. The van der Waals surface area contributed by atoms with E-state index in [1.54, 1.807) is 7.05 Å². The van der Waals surface area contributed by atoms with Crippen LogP contribution < -0.4 is 0 Å². The van der Waals surface area contributed by atoms with Crippen molar-refractivity contribution < 1.29 is 9.90 Å². The lowest BCUT2D eigenvalue weighted by Gasteiger charge is -2.33. The third-order valence-corrected chi connectivity index (χ3v) is 5.05. The van der Waals surface area contributed by atoms with Gasteiger partial charge in [0.25, 0.3) is 0 Å². The average Bonchev–Trinajstić information content (AvgIpc) is 2.90. The van der Waals surface area contributed by atoms with Crippen molar-refractivity contribution in [2.75, 3.05) is 7.05 Å². The molecule has 1 saturated carbocycles. The van der Waals surface area contributed by atoms with E-state index in [-0.39, 0.29) is 6.04 Å². The van der Waals surface area contributed by atoms with Crippen LogP contribution in [0.2, 0.25) is 0 Å². The molecule has 118 valence electrons. The zero-order valence-corrected chi connectivity index (χ0v) is 14.1. The lowest BCUT2D eigenvalue weighted by molar-refractivity contribution is 0.106. The van der Waals surface area contributed by atoms with Crippen LogP contribution in [0, 0.1) is 5.92 Å². The zero-order chi connectivity index (χ0) is 15.7. The van der Waals surface area contributed by atoms with Crippen molar-refractivity contribution in [2.24, 2.45) is 5.92 Å². The van der Waals surface area contributed by atoms with Gasteiger partial charge in [-0.05, 0) is 37.0 Å². The monoisotopic (exact) mass is 365 g/mol. The summed E-state index contributed by atoms with van der Waals surface area (Å²) in [6.07, 6.45) is 4.79. The van der Waals surface area contributed by atoms with Crippen LogP contribution in [0.5, 0.6) is 0 Å². The molecule has 1 aliphatic rings. The van der Waals surface area contributed by atoms with Crippen LogP contribution in [0.4, 0.5) is 4.79 Å². The molecule has 22 heavy (non-hydrogen) atoms. The molecular formula is C16H20BrN3O2. The number of hydrogen-bond donors (Lipinski definition) is 2. The highest BCUT2D eigenvalue weighted by Gasteiger charge is 2.33. The number of imidazole rings is 1. The molecule has 1 aromatic carbocycles. The second kappa shape index (κ2) is 6.28.